The van der Waals surface area contributed by atoms with Crippen LogP contribution < -0.4 is 5.73 Å². The minimum atomic E-state index is -0.954. The molecule has 18 heavy (non-hydrogen) atoms. The zero-order valence-electron chi connectivity index (χ0n) is 11.0. The van der Waals surface area contributed by atoms with Crippen molar-refractivity contribution in [2.75, 3.05) is 13.2 Å². The first-order chi connectivity index (χ1) is 8.56. The lowest BCUT2D eigenvalue weighted by Crippen LogP contribution is -2.45. The van der Waals surface area contributed by atoms with Crippen molar-refractivity contribution in [3.05, 3.63) is 34.9 Å². The fourth-order valence-electron chi connectivity index (χ4n) is 2.42. The van der Waals surface area contributed by atoms with Crippen LogP contribution in [0.2, 0.25) is 0 Å². The molecule has 1 aromatic rings. The van der Waals surface area contributed by atoms with Crippen molar-refractivity contribution in [2.45, 2.75) is 37.3 Å². The van der Waals surface area contributed by atoms with Gasteiger partial charge in [-0.05, 0) is 25.8 Å². The van der Waals surface area contributed by atoms with Gasteiger partial charge in [0, 0.05) is 29.2 Å². The Morgan fingerprint density at radius 3 is 2.61 bits per heavy atom. The minimum absolute atomic E-state index is 0.00508. The molecule has 3 nitrogen and oxygen atoms in total. The molecule has 3 atom stereocenters. The smallest absolute Gasteiger partial charge is 0.0736 e. The molecule has 1 aliphatic heterocycles. The molecule has 0 aromatic heterocycles. The molecule has 100 valence electrons. The zero-order chi connectivity index (χ0) is 13.1. The highest BCUT2D eigenvalue weighted by molar-refractivity contribution is 7.84. The van der Waals surface area contributed by atoms with Crippen LogP contribution >= 0.6 is 0 Å². The van der Waals surface area contributed by atoms with Gasteiger partial charge in [0.25, 0.3) is 0 Å². The Balaban J connectivity index is 2.06. The zero-order valence-corrected chi connectivity index (χ0v) is 11.8. The molecular weight excluding hydrogens is 246 g/mol. The van der Waals surface area contributed by atoms with E-state index in [0.29, 0.717) is 19.0 Å². The molecule has 0 bridgehead atoms. The van der Waals surface area contributed by atoms with E-state index in [-0.39, 0.29) is 11.3 Å². The van der Waals surface area contributed by atoms with E-state index in [2.05, 4.69) is 32.0 Å². The molecule has 2 N–H and O–H groups in total. The van der Waals surface area contributed by atoms with Gasteiger partial charge < -0.3 is 10.5 Å². The molecule has 1 saturated heterocycles. The molecule has 0 spiro atoms. The van der Waals surface area contributed by atoms with Crippen LogP contribution in [0.4, 0.5) is 0 Å². The molecule has 0 radical (unpaired) electrons. The van der Waals surface area contributed by atoms with Gasteiger partial charge in [-0.2, -0.15) is 0 Å². The van der Waals surface area contributed by atoms with Crippen LogP contribution in [-0.2, 0) is 21.3 Å². The second kappa shape index (κ2) is 5.95. The van der Waals surface area contributed by atoms with E-state index >= 15 is 0 Å². The normalized spacial score (nSPS) is 25.9. The lowest BCUT2D eigenvalue weighted by atomic mass is 10.1. The Hall–Kier alpha value is -0.710. The highest BCUT2D eigenvalue weighted by Gasteiger charge is 2.27. The van der Waals surface area contributed by atoms with Crippen molar-refractivity contribution in [3.63, 3.8) is 0 Å². The minimum Gasteiger partial charge on any atom is -0.380 e. The molecule has 1 fully saturated rings. The lowest BCUT2D eigenvalue weighted by Gasteiger charge is -2.28. The first-order valence-electron chi connectivity index (χ1n) is 6.34. The van der Waals surface area contributed by atoms with Crippen molar-refractivity contribution in [1.29, 1.82) is 0 Å². The second-order valence-electron chi connectivity index (χ2n) is 5.09. The first-order valence-corrected chi connectivity index (χ1v) is 7.72. The summed E-state index contributed by atoms with van der Waals surface area (Å²) in [5.74, 6) is 0.574. The highest BCUT2D eigenvalue weighted by Crippen LogP contribution is 2.17. The van der Waals surface area contributed by atoms with Crippen LogP contribution in [0.5, 0.6) is 0 Å². The largest absolute Gasteiger partial charge is 0.380 e. The predicted molar refractivity (Wildman–Crippen MR) is 75.0 cm³/mol. The van der Waals surface area contributed by atoms with Gasteiger partial charge in [0.1, 0.15) is 0 Å². The van der Waals surface area contributed by atoms with Gasteiger partial charge in [-0.15, -0.1) is 0 Å². The van der Waals surface area contributed by atoms with Crippen LogP contribution in [0.1, 0.15) is 23.1 Å². The summed E-state index contributed by atoms with van der Waals surface area (Å²) in [6.07, 6.45) is 0.809. The van der Waals surface area contributed by atoms with Crippen molar-refractivity contribution < 1.29 is 8.95 Å². The monoisotopic (exact) mass is 267 g/mol. The standard InChI is InChI=1S/C14H21NO2S/c1-10-5-11(2)7-12(6-10)9-18(16)14-8-17-4-3-13(14)15/h5-7,13-14H,3-4,8-9,15H2,1-2H3. The van der Waals surface area contributed by atoms with Gasteiger partial charge in [0.15, 0.2) is 0 Å². The summed E-state index contributed by atoms with van der Waals surface area (Å²) < 4.78 is 17.7. The number of benzene rings is 1. The molecule has 2 rings (SSSR count). The summed E-state index contributed by atoms with van der Waals surface area (Å²) in [6.45, 7) is 5.35. The van der Waals surface area contributed by atoms with Crippen LogP contribution in [0.25, 0.3) is 0 Å². The predicted octanol–water partition coefficient (Wildman–Crippen LogP) is 1.67. The topological polar surface area (TPSA) is 52.3 Å². The maximum atomic E-state index is 12.4. The Bertz CT molecular complexity index is 427. The number of ether oxygens (including phenoxy) is 1. The Kier molecular flexibility index (Phi) is 4.54. The number of nitrogens with two attached hydrogens (primary N) is 1. The molecule has 0 amide bonds. The van der Waals surface area contributed by atoms with Gasteiger partial charge in [-0.1, -0.05) is 29.3 Å². The van der Waals surface area contributed by atoms with Crippen molar-refractivity contribution in [3.8, 4) is 0 Å². The van der Waals surface area contributed by atoms with E-state index < -0.39 is 10.8 Å². The average molecular weight is 267 g/mol. The molecule has 1 heterocycles. The van der Waals surface area contributed by atoms with E-state index in [1.54, 1.807) is 0 Å². The van der Waals surface area contributed by atoms with Crippen LogP contribution in [-0.4, -0.2) is 28.7 Å². The Morgan fingerprint density at radius 2 is 2.00 bits per heavy atom. The van der Waals surface area contributed by atoms with Crippen LogP contribution in [0, 0.1) is 13.8 Å². The van der Waals surface area contributed by atoms with Crippen LogP contribution in [0.15, 0.2) is 18.2 Å². The maximum absolute atomic E-state index is 12.4. The van der Waals surface area contributed by atoms with E-state index in [1.807, 2.05) is 0 Å². The summed E-state index contributed by atoms with van der Waals surface area (Å²) in [7, 11) is -0.954. The fraction of sp³-hybridized carbons (Fsp3) is 0.571. The average Bonchev–Trinajstić information content (AvgIpc) is 2.27. The van der Waals surface area contributed by atoms with Gasteiger partial charge in [-0.25, -0.2) is 0 Å². The number of rotatable bonds is 3. The van der Waals surface area contributed by atoms with E-state index in [0.717, 1.165) is 12.0 Å². The van der Waals surface area contributed by atoms with Crippen LogP contribution in [0.3, 0.4) is 0 Å². The third kappa shape index (κ3) is 3.40. The Morgan fingerprint density at radius 1 is 1.33 bits per heavy atom. The summed E-state index contributed by atoms with van der Waals surface area (Å²) in [6, 6.07) is 6.33. The number of hydrogen-bond donors (Lipinski definition) is 1. The van der Waals surface area contributed by atoms with Crippen molar-refractivity contribution in [1.82, 2.24) is 0 Å². The SMILES string of the molecule is Cc1cc(C)cc(CS(=O)C2COCCC2N)c1. The van der Waals surface area contributed by atoms with Gasteiger partial charge >= 0.3 is 0 Å². The van der Waals surface area contributed by atoms with Crippen molar-refractivity contribution in [2.24, 2.45) is 5.73 Å². The summed E-state index contributed by atoms with van der Waals surface area (Å²) >= 11 is 0. The third-order valence-electron chi connectivity index (χ3n) is 3.28. The summed E-state index contributed by atoms with van der Waals surface area (Å²) in [4.78, 5) is 0. The molecular formula is C14H21NO2S. The molecule has 0 saturated carbocycles. The second-order valence-corrected chi connectivity index (χ2v) is 6.74. The van der Waals surface area contributed by atoms with Gasteiger partial charge in [-0.3, -0.25) is 4.21 Å². The molecule has 1 aromatic carbocycles. The highest BCUT2D eigenvalue weighted by atomic mass is 32.2. The van der Waals surface area contributed by atoms with Crippen molar-refractivity contribution >= 4 is 10.8 Å². The molecule has 0 aliphatic carbocycles. The lowest BCUT2D eigenvalue weighted by molar-refractivity contribution is 0.0903. The van der Waals surface area contributed by atoms with E-state index in [9.17, 15) is 4.21 Å². The van der Waals surface area contributed by atoms with Gasteiger partial charge in [0.05, 0.1) is 11.9 Å². The van der Waals surface area contributed by atoms with E-state index in [1.165, 1.54) is 11.1 Å². The first kappa shape index (κ1) is 13.7. The maximum Gasteiger partial charge on any atom is 0.0736 e. The quantitative estimate of drug-likeness (QED) is 0.906. The molecule has 1 aliphatic rings. The third-order valence-corrected chi connectivity index (χ3v) is 5.06. The summed E-state index contributed by atoms with van der Waals surface area (Å²) in [5, 5.41) is -0.0282. The number of hydrogen-bond acceptors (Lipinski definition) is 3. The molecule has 4 heteroatoms. The Labute approximate surface area is 111 Å². The number of aryl methyl sites for hydroxylation is 2. The summed E-state index contributed by atoms with van der Waals surface area (Å²) in [5.41, 5.74) is 9.58. The van der Waals surface area contributed by atoms with E-state index in [4.69, 9.17) is 10.5 Å². The van der Waals surface area contributed by atoms with Gasteiger partial charge in [0.2, 0.25) is 0 Å². The molecule has 3 unspecified atom stereocenters. The fourth-order valence-corrected chi connectivity index (χ4v) is 3.91.